The topological polar surface area (TPSA) is 26.0 Å². The van der Waals surface area contributed by atoms with Gasteiger partial charge in [0.2, 0.25) is 0 Å². The fraction of sp³-hybridized carbons (Fsp3) is 0.400. The van der Waals surface area contributed by atoms with Crippen molar-refractivity contribution in [3.05, 3.63) is 32.4 Å². The first kappa shape index (κ1) is 8.51. The Kier molecular flexibility index (Phi) is 2.12. The van der Waals surface area contributed by atoms with E-state index in [0.717, 1.165) is 12.8 Å². The van der Waals surface area contributed by atoms with Crippen LogP contribution in [0.25, 0.3) is 0 Å². The highest BCUT2D eigenvalue weighted by atomic mass is 127. The monoisotopic (exact) mass is 273 g/mol. The van der Waals surface area contributed by atoms with Gasteiger partial charge in [-0.05, 0) is 59.0 Å². The van der Waals surface area contributed by atoms with Gasteiger partial charge in [0, 0.05) is 9.61 Å². The summed E-state index contributed by atoms with van der Waals surface area (Å²) in [6, 6.07) is 4.64. The lowest BCUT2D eigenvalue weighted by atomic mass is 10.1. The largest absolute Gasteiger partial charge is 0.324 e. The second kappa shape index (κ2) is 3.00. The molecule has 1 aromatic rings. The van der Waals surface area contributed by atoms with Crippen LogP contribution in [0.4, 0.5) is 0 Å². The molecule has 0 saturated carbocycles. The van der Waals surface area contributed by atoms with Crippen molar-refractivity contribution < 1.29 is 0 Å². The molecule has 1 aliphatic rings. The fourth-order valence-corrected chi connectivity index (χ4v) is 2.57. The number of benzene rings is 1. The van der Waals surface area contributed by atoms with E-state index in [1.165, 1.54) is 20.3 Å². The summed E-state index contributed by atoms with van der Waals surface area (Å²) in [5.41, 5.74) is 10.2. The van der Waals surface area contributed by atoms with Crippen molar-refractivity contribution in [1.29, 1.82) is 0 Å². The van der Waals surface area contributed by atoms with Crippen molar-refractivity contribution in [2.45, 2.75) is 25.8 Å². The van der Waals surface area contributed by atoms with E-state index in [1.54, 1.807) is 0 Å². The van der Waals surface area contributed by atoms with E-state index in [4.69, 9.17) is 5.73 Å². The van der Waals surface area contributed by atoms with Gasteiger partial charge in [0.15, 0.2) is 0 Å². The first-order valence-electron chi connectivity index (χ1n) is 4.23. The van der Waals surface area contributed by atoms with Gasteiger partial charge in [0.1, 0.15) is 0 Å². The first-order chi connectivity index (χ1) is 5.70. The predicted molar refractivity (Wildman–Crippen MR) is 59.1 cm³/mol. The lowest BCUT2D eigenvalue weighted by Crippen LogP contribution is -2.05. The lowest BCUT2D eigenvalue weighted by molar-refractivity contribution is 0.713. The molecule has 0 bridgehead atoms. The second-order valence-electron chi connectivity index (χ2n) is 3.41. The molecule has 1 aliphatic carbocycles. The summed E-state index contributed by atoms with van der Waals surface area (Å²) in [5, 5.41) is 0. The summed E-state index contributed by atoms with van der Waals surface area (Å²) in [7, 11) is 0. The zero-order valence-electron chi connectivity index (χ0n) is 7.10. The average molecular weight is 273 g/mol. The quantitative estimate of drug-likeness (QED) is 0.722. The third kappa shape index (κ3) is 1.17. The molecule has 0 unspecified atom stereocenters. The summed E-state index contributed by atoms with van der Waals surface area (Å²) in [6.45, 7) is 2.16. The van der Waals surface area contributed by atoms with E-state index in [1.807, 2.05) is 0 Å². The molecule has 0 aliphatic heterocycles. The SMILES string of the molecule is Cc1ccc2c(c1I)CC[C@H]2N. The zero-order valence-corrected chi connectivity index (χ0v) is 9.26. The maximum atomic E-state index is 5.96. The first-order valence-corrected chi connectivity index (χ1v) is 5.31. The highest BCUT2D eigenvalue weighted by molar-refractivity contribution is 14.1. The maximum absolute atomic E-state index is 5.96. The smallest absolute Gasteiger partial charge is 0.0301 e. The Morgan fingerprint density at radius 2 is 2.25 bits per heavy atom. The zero-order chi connectivity index (χ0) is 8.72. The molecule has 2 heteroatoms. The van der Waals surface area contributed by atoms with Crippen LogP contribution in [0, 0.1) is 10.5 Å². The van der Waals surface area contributed by atoms with Gasteiger partial charge in [0.05, 0.1) is 0 Å². The van der Waals surface area contributed by atoms with Gasteiger partial charge in [-0.2, -0.15) is 0 Å². The van der Waals surface area contributed by atoms with Crippen LogP contribution in [0.5, 0.6) is 0 Å². The molecule has 1 nitrogen and oxygen atoms in total. The van der Waals surface area contributed by atoms with Crippen LogP contribution in [0.3, 0.4) is 0 Å². The molecule has 0 aromatic heterocycles. The summed E-state index contributed by atoms with van der Waals surface area (Å²) < 4.78 is 1.41. The highest BCUT2D eigenvalue weighted by Crippen LogP contribution is 2.33. The van der Waals surface area contributed by atoms with Crippen molar-refractivity contribution in [3.63, 3.8) is 0 Å². The molecule has 0 saturated heterocycles. The van der Waals surface area contributed by atoms with Crippen LogP contribution in [-0.2, 0) is 6.42 Å². The number of aryl methyl sites for hydroxylation is 1. The Labute approximate surface area is 86.5 Å². The van der Waals surface area contributed by atoms with Gasteiger partial charge >= 0.3 is 0 Å². The standard InChI is InChI=1S/C10H12IN/c1-6-2-3-7-8(10(6)11)4-5-9(7)12/h2-3,9H,4-5,12H2,1H3/t9-/m1/s1. The van der Waals surface area contributed by atoms with Gasteiger partial charge in [-0.15, -0.1) is 0 Å². The molecule has 0 amide bonds. The molecular formula is C10H12IN. The molecular weight excluding hydrogens is 261 g/mol. The molecule has 64 valence electrons. The molecule has 0 fully saturated rings. The van der Waals surface area contributed by atoms with Gasteiger partial charge in [0.25, 0.3) is 0 Å². The molecule has 0 heterocycles. The van der Waals surface area contributed by atoms with Gasteiger partial charge in [-0.25, -0.2) is 0 Å². The molecule has 0 spiro atoms. The Morgan fingerprint density at radius 1 is 1.50 bits per heavy atom. The van der Waals surface area contributed by atoms with Crippen LogP contribution in [0.1, 0.15) is 29.2 Å². The number of halogens is 1. The maximum Gasteiger partial charge on any atom is 0.0301 e. The van der Waals surface area contributed by atoms with Crippen LogP contribution in [0.2, 0.25) is 0 Å². The summed E-state index contributed by atoms with van der Waals surface area (Å²) >= 11 is 2.43. The Hall–Kier alpha value is -0.0900. The third-order valence-electron chi connectivity index (χ3n) is 2.58. The predicted octanol–water partition coefficient (Wildman–Crippen LogP) is 2.55. The average Bonchev–Trinajstić information content (AvgIpc) is 2.41. The van der Waals surface area contributed by atoms with E-state index in [-0.39, 0.29) is 6.04 Å². The molecule has 12 heavy (non-hydrogen) atoms. The van der Waals surface area contributed by atoms with Gasteiger partial charge in [-0.1, -0.05) is 12.1 Å². The van der Waals surface area contributed by atoms with Crippen LogP contribution < -0.4 is 5.73 Å². The number of hydrogen-bond acceptors (Lipinski definition) is 1. The molecule has 2 N–H and O–H groups in total. The van der Waals surface area contributed by atoms with Crippen molar-refractivity contribution in [2.24, 2.45) is 5.73 Å². The summed E-state index contributed by atoms with van der Waals surface area (Å²) in [5.74, 6) is 0. The molecule has 1 atom stereocenters. The third-order valence-corrected chi connectivity index (χ3v) is 4.08. The molecule has 1 aromatic carbocycles. The van der Waals surface area contributed by atoms with Crippen LogP contribution in [0.15, 0.2) is 12.1 Å². The Morgan fingerprint density at radius 3 is 3.00 bits per heavy atom. The van der Waals surface area contributed by atoms with Crippen LogP contribution >= 0.6 is 22.6 Å². The lowest BCUT2D eigenvalue weighted by Gasteiger charge is -2.07. The Bertz CT molecular complexity index is 320. The van der Waals surface area contributed by atoms with Crippen molar-refractivity contribution in [1.82, 2.24) is 0 Å². The number of rotatable bonds is 0. The van der Waals surface area contributed by atoms with E-state index in [2.05, 4.69) is 41.6 Å². The highest BCUT2D eigenvalue weighted by Gasteiger charge is 2.21. The minimum Gasteiger partial charge on any atom is -0.324 e. The van der Waals surface area contributed by atoms with E-state index in [9.17, 15) is 0 Å². The van der Waals surface area contributed by atoms with Crippen LogP contribution in [-0.4, -0.2) is 0 Å². The summed E-state index contributed by atoms with van der Waals surface area (Å²) in [4.78, 5) is 0. The van der Waals surface area contributed by atoms with E-state index >= 15 is 0 Å². The Balaban J connectivity index is 2.60. The number of hydrogen-bond donors (Lipinski definition) is 1. The second-order valence-corrected chi connectivity index (χ2v) is 4.49. The van der Waals surface area contributed by atoms with Crippen molar-refractivity contribution >= 4 is 22.6 Å². The number of fused-ring (bicyclic) bond motifs is 1. The van der Waals surface area contributed by atoms with E-state index < -0.39 is 0 Å². The molecule has 2 rings (SSSR count). The fourth-order valence-electron chi connectivity index (χ4n) is 1.81. The van der Waals surface area contributed by atoms with Crippen molar-refractivity contribution in [2.75, 3.05) is 0 Å². The van der Waals surface area contributed by atoms with E-state index in [0.29, 0.717) is 0 Å². The minimum atomic E-state index is 0.286. The van der Waals surface area contributed by atoms with Gasteiger partial charge in [-0.3, -0.25) is 0 Å². The normalized spacial score (nSPS) is 21.1. The van der Waals surface area contributed by atoms with Gasteiger partial charge < -0.3 is 5.73 Å². The van der Waals surface area contributed by atoms with Crippen molar-refractivity contribution in [3.8, 4) is 0 Å². The molecule has 0 radical (unpaired) electrons. The number of nitrogens with two attached hydrogens (primary N) is 1. The summed E-state index contributed by atoms with van der Waals surface area (Å²) in [6.07, 6.45) is 2.28. The minimum absolute atomic E-state index is 0.286.